The van der Waals surface area contributed by atoms with Gasteiger partial charge in [-0.15, -0.1) is 0 Å². The molecule has 0 amide bonds. The smallest absolute Gasteiger partial charge is 0.270 e. The van der Waals surface area contributed by atoms with Gasteiger partial charge in [-0.25, -0.2) is 4.98 Å². The first-order chi connectivity index (χ1) is 14.4. The summed E-state index contributed by atoms with van der Waals surface area (Å²) in [6, 6.07) is 13.7. The summed E-state index contributed by atoms with van der Waals surface area (Å²) in [5, 5.41) is 33.1. The molecule has 30 heavy (non-hydrogen) atoms. The van der Waals surface area contributed by atoms with Crippen molar-refractivity contribution in [3.8, 4) is 23.0 Å². The summed E-state index contributed by atoms with van der Waals surface area (Å²) in [5.74, 6) is -0.169. The second-order valence-electron chi connectivity index (χ2n) is 6.61. The molecule has 0 spiro atoms. The number of non-ortho nitro benzene ring substituents is 1. The molecule has 0 radical (unpaired) electrons. The Morgan fingerprint density at radius 1 is 1.17 bits per heavy atom. The molecule has 0 unspecified atom stereocenters. The largest absolute Gasteiger partial charge is 0.872 e. The Bertz CT molecular complexity index is 1290. The summed E-state index contributed by atoms with van der Waals surface area (Å²) in [4.78, 5) is 19.0. The average molecular weight is 402 g/mol. The van der Waals surface area contributed by atoms with Gasteiger partial charge in [0.05, 0.1) is 16.2 Å². The van der Waals surface area contributed by atoms with Crippen molar-refractivity contribution < 1.29 is 19.6 Å². The predicted octanol–water partition coefficient (Wildman–Crippen LogP) is 4.50. The lowest BCUT2D eigenvalue weighted by molar-refractivity contribution is -0.385. The Labute approximate surface area is 170 Å². The molecule has 150 valence electrons. The highest BCUT2D eigenvalue weighted by molar-refractivity contribution is 5.87. The van der Waals surface area contributed by atoms with E-state index in [1.165, 1.54) is 18.3 Å². The quantitative estimate of drug-likeness (QED) is 0.298. The van der Waals surface area contributed by atoms with E-state index in [1.807, 2.05) is 25.1 Å². The number of rotatable bonds is 5. The first-order valence-electron chi connectivity index (χ1n) is 9.17. The fraction of sp³-hybridized carbons (Fsp3) is 0.0909. The summed E-state index contributed by atoms with van der Waals surface area (Å²) < 4.78 is 5.77. The van der Waals surface area contributed by atoms with Gasteiger partial charge >= 0.3 is 0 Å². The second-order valence-corrected chi connectivity index (χ2v) is 6.61. The van der Waals surface area contributed by atoms with Crippen molar-refractivity contribution in [1.82, 2.24) is 4.98 Å². The molecule has 4 rings (SSSR count). The molecular weight excluding hydrogens is 386 g/mol. The molecule has 1 N–H and O–H groups in total. The molecule has 0 atom stereocenters. The summed E-state index contributed by atoms with van der Waals surface area (Å²) in [6.07, 6.45) is 2.12. The van der Waals surface area contributed by atoms with Crippen LogP contribution in [0.15, 0.2) is 64.0 Å². The number of aromatic hydroxyl groups is 1. The van der Waals surface area contributed by atoms with E-state index in [9.17, 15) is 20.3 Å². The zero-order valence-electron chi connectivity index (χ0n) is 15.9. The van der Waals surface area contributed by atoms with Crippen molar-refractivity contribution in [1.29, 1.82) is 0 Å². The molecule has 3 aromatic carbocycles. The fourth-order valence-corrected chi connectivity index (χ4v) is 2.98. The van der Waals surface area contributed by atoms with E-state index in [0.29, 0.717) is 22.4 Å². The van der Waals surface area contributed by atoms with Gasteiger partial charge in [-0.05, 0) is 47.9 Å². The Balaban J connectivity index is 1.70. The van der Waals surface area contributed by atoms with Crippen LogP contribution in [0.25, 0.3) is 22.6 Å². The Kier molecular flexibility index (Phi) is 4.89. The molecule has 8 heteroatoms. The van der Waals surface area contributed by atoms with E-state index < -0.39 is 4.92 Å². The summed E-state index contributed by atoms with van der Waals surface area (Å²) in [6.45, 7) is 2.05. The lowest BCUT2D eigenvalue weighted by Crippen LogP contribution is -1.98. The molecule has 0 saturated heterocycles. The van der Waals surface area contributed by atoms with E-state index >= 15 is 0 Å². The van der Waals surface area contributed by atoms with Gasteiger partial charge in [0, 0.05) is 18.3 Å². The van der Waals surface area contributed by atoms with Gasteiger partial charge < -0.3 is 14.6 Å². The number of nitro groups is 1. The summed E-state index contributed by atoms with van der Waals surface area (Å²) in [5.41, 5.74) is 3.07. The first kappa shape index (κ1) is 19.1. The lowest BCUT2D eigenvalue weighted by Gasteiger charge is -2.08. The molecule has 0 bridgehead atoms. The van der Waals surface area contributed by atoms with Crippen molar-refractivity contribution in [2.45, 2.75) is 13.3 Å². The fourth-order valence-electron chi connectivity index (χ4n) is 2.98. The van der Waals surface area contributed by atoms with E-state index in [-0.39, 0.29) is 28.6 Å². The highest BCUT2D eigenvalue weighted by atomic mass is 16.6. The molecule has 1 aromatic heterocycles. The Morgan fingerprint density at radius 3 is 2.77 bits per heavy atom. The van der Waals surface area contributed by atoms with Crippen LogP contribution >= 0.6 is 0 Å². The zero-order chi connectivity index (χ0) is 21.3. The minimum absolute atomic E-state index is 0.0314. The van der Waals surface area contributed by atoms with Gasteiger partial charge in [-0.3, -0.25) is 15.1 Å². The van der Waals surface area contributed by atoms with Crippen LogP contribution in [-0.4, -0.2) is 21.2 Å². The third kappa shape index (κ3) is 3.70. The van der Waals surface area contributed by atoms with Gasteiger partial charge in [0.1, 0.15) is 11.3 Å². The van der Waals surface area contributed by atoms with E-state index in [2.05, 4.69) is 9.98 Å². The highest BCUT2D eigenvalue weighted by Gasteiger charge is 2.13. The van der Waals surface area contributed by atoms with Gasteiger partial charge in [0.25, 0.3) is 5.69 Å². The summed E-state index contributed by atoms with van der Waals surface area (Å²) >= 11 is 0. The van der Waals surface area contributed by atoms with Crippen LogP contribution in [0.1, 0.15) is 18.1 Å². The van der Waals surface area contributed by atoms with Gasteiger partial charge in [-0.1, -0.05) is 24.8 Å². The molecule has 8 nitrogen and oxygen atoms in total. The lowest BCUT2D eigenvalue weighted by atomic mass is 10.1. The zero-order valence-corrected chi connectivity index (χ0v) is 15.9. The number of fused-ring (bicyclic) bond motifs is 1. The highest BCUT2D eigenvalue weighted by Crippen LogP contribution is 2.34. The first-order valence-corrected chi connectivity index (χ1v) is 9.17. The molecule has 0 aliphatic heterocycles. The number of hydrogen-bond acceptors (Lipinski definition) is 7. The van der Waals surface area contributed by atoms with Crippen LogP contribution in [0.4, 0.5) is 11.4 Å². The van der Waals surface area contributed by atoms with E-state index in [0.717, 1.165) is 24.1 Å². The molecular formula is C22H16N3O5-. The average Bonchev–Trinajstić information content (AvgIpc) is 3.16. The number of hydrogen-bond donors (Lipinski definition) is 1. The van der Waals surface area contributed by atoms with Crippen LogP contribution < -0.4 is 5.11 Å². The Morgan fingerprint density at radius 2 is 2.00 bits per heavy atom. The topological polar surface area (TPSA) is 125 Å². The standard InChI is InChI=1S/C22H17N3O5/c1-2-13-3-8-21-18(9-13)24-22(30-21)17-11-15(4-6-20(17)27)23-12-14-10-16(25(28)29)5-7-19(14)26/h3-12,26-27H,2H2,1H3/p-1. The van der Waals surface area contributed by atoms with Crippen molar-refractivity contribution in [3.05, 3.63) is 75.8 Å². The molecule has 0 aliphatic carbocycles. The normalized spacial score (nSPS) is 11.4. The number of oxazole rings is 1. The number of nitro benzene ring substituents is 1. The second kappa shape index (κ2) is 7.67. The van der Waals surface area contributed by atoms with Crippen LogP contribution in [0, 0.1) is 10.1 Å². The third-order valence-electron chi connectivity index (χ3n) is 4.63. The number of phenols is 1. The molecule has 0 aliphatic rings. The molecule has 0 fully saturated rings. The number of aryl methyl sites for hydroxylation is 1. The van der Waals surface area contributed by atoms with Crippen LogP contribution in [0.3, 0.4) is 0 Å². The molecule has 0 saturated carbocycles. The minimum atomic E-state index is -0.577. The number of benzene rings is 3. The minimum Gasteiger partial charge on any atom is -0.872 e. The maximum absolute atomic E-state index is 11.9. The van der Waals surface area contributed by atoms with E-state index in [1.54, 1.807) is 12.1 Å². The number of nitrogens with zero attached hydrogens (tertiary/aromatic N) is 3. The van der Waals surface area contributed by atoms with Gasteiger partial charge in [0.15, 0.2) is 5.58 Å². The van der Waals surface area contributed by atoms with Crippen molar-refractivity contribution in [3.63, 3.8) is 0 Å². The molecule has 4 aromatic rings. The SMILES string of the molecule is CCc1ccc2oc(-c3cc(N=Cc4cc([N+](=O)[O-])ccc4[O-])ccc3O)nc2c1. The van der Waals surface area contributed by atoms with Crippen LogP contribution in [0.5, 0.6) is 11.5 Å². The van der Waals surface area contributed by atoms with Gasteiger partial charge in [-0.2, -0.15) is 0 Å². The maximum atomic E-state index is 11.9. The maximum Gasteiger partial charge on any atom is 0.270 e. The predicted molar refractivity (Wildman–Crippen MR) is 110 cm³/mol. The number of aromatic nitrogens is 1. The third-order valence-corrected chi connectivity index (χ3v) is 4.63. The summed E-state index contributed by atoms with van der Waals surface area (Å²) in [7, 11) is 0. The van der Waals surface area contributed by atoms with Crippen LogP contribution in [-0.2, 0) is 6.42 Å². The van der Waals surface area contributed by atoms with Crippen molar-refractivity contribution in [2.24, 2.45) is 4.99 Å². The Hall–Kier alpha value is -4.20. The number of phenolic OH excluding ortho intramolecular Hbond substituents is 1. The van der Waals surface area contributed by atoms with Gasteiger partial charge in [0.2, 0.25) is 5.89 Å². The van der Waals surface area contributed by atoms with Crippen LogP contribution in [0.2, 0.25) is 0 Å². The van der Waals surface area contributed by atoms with E-state index in [4.69, 9.17) is 4.42 Å². The van der Waals surface area contributed by atoms with Crippen molar-refractivity contribution >= 4 is 28.7 Å². The van der Waals surface area contributed by atoms with Crippen molar-refractivity contribution in [2.75, 3.05) is 0 Å². The number of aliphatic imine (C=N–C) groups is 1. The molecule has 1 heterocycles. The monoisotopic (exact) mass is 402 g/mol.